The van der Waals surface area contributed by atoms with Crippen molar-refractivity contribution in [3.8, 4) is 0 Å². The van der Waals surface area contributed by atoms with Crippen LogP contribution in [0.5, 0.6) is 0 Å². The number of Topliss-reactive ketones (excluding diaryl/α,β-unsaturated/α-hetero) is 1. The zero-order valence-electron chi connectivity index (χ0n) is 13.7. The second-order valence-corrected chi connectivity index (χ2v) is 6.44. The molecule has 126 valence electrons. The summed E-state index contributed by atoms with van der Waals surface area (Å²) in [6, 6.07) is 3.53. The predicted octanol–water partition coefficient (Wildman–Crippen LogP) is 1.78. The Morgan fingerprint density at radius 2 is 1.87 bits per heavy atom. The summed E-state index contributed by atoms with van der Waals surface area (Å²) in [6.45, 7) is 1.83. The average molecular weight is 320 g/mol. The zero-order valence-corrected chi connectivity index (χ0v) is 13.7. The Morgan fingerprint density at radius 1 is 1.22 bits per heavy atom. The standard InChI is InChI=1S/C17H24N2O4/c1-11-3-5-12(6-4-11)17(23)14-8-7-13(19(14)2)9-15(20)18-10-16(21)22/h7-8,11-12H,3-6,9-10H2,1-2H3,(H,18,20)(H,21,22). The minimum atomic E-state index is -1.08. The van der Waals surface area contributed by atoms with Crippen LogP contribution in [0.25, 0.3) is 0 Å². The number of ketones is 1. The molecule has 1 aromatic heterocycles. The second-order valence-electron chi connectivity index (χ2n) is 6.44. The first-order valence-electron chi connectivity index (χ1n) is 8.05. The van der Waals surface area contributed by atoms with Crippen molar-refractivity contribution < 1.29 is 19.5 Å². The van der Waals surface area contributed by atoms with E-state index in [4.69, 9.17) is 5.11 Å². The van der Waals surface area contributed by atoms with E-state index in [1.54, 1.807) is 23.7 Å². The maximum Gasteiger partial charge on any atom is 0.322 e. The van der Waals surface area contributed by atoms with Crippen molar-refractivity contribution in [1.82, 2.24) is 9.88 Å². The lowest BCUT2D eigenvalue weighted by atomic mass is 9.80. The molecular formula is C17H24N2O4. The highest BCUT2D eigenvalue weighted by atomic mass is 16.4. The third kappa shape index (κ3) is 4.43. The van der Waals surface area contributed by atoms with E-state index in [1.807, 2.05) is 0 Å². The molecule has 0 atom stereocenters. The third-order valence-electron chi connectivity index (χ3n) is 4.64. The fourth-order valence-corrected chi connectivity index (χ4v) is 3.11. The molecule has 2 rings (SSSR count). The van der Waals surface area contributed by atoms with Crippen LogP contribution >= 0.6 is 0 Å². The van der Waals surface area contributed by atoms with Crippen LogP contribution in [0.2, 0.25) is 0 Å². The third-order valence-corrected chi connectivity index (χ3v) is 4.64. The Balaban J connectivity index is 1.99. The van der Waals surface area contributed by atoms with Crippen LogP contribution in [0.15, 0.2) is 12.1 Å². The first-order chi connectivity index (χ1) is 10.9. The van der Waals surface area contributed by atoms with Crippen molar-refractivity contribution >= 4 is 17.7 Å². The Morgan fingerprint density at radius 3 is 2.48 bits per heavy atom. The summed E-state index contributed by atoms with van der Waals surface area (Å²) in [6.07, 6.45) is 4.11. The maximum atomic E-state index is 12.6. The van der Waals surface area contributed by atoms with Crippen molar-refractivity contribution in [2.75, 3.05) is 6.54 Å². The van der Waals surface area contributed by atoms with Crippen molar-refractivity contribution in [1.29, 1.82) is 0 Å². The minimum Gasteiger partial charge on any atom is -0.480 e. The molecule has 0 aliphatic heterocycles. The number of carboxylic acid groups (broad SMARTS) is 1. The number of carbonyl (C=O) groups excluding carboxylic acids is 2. The molecule has 23 heavy (non-hydrogen) atoms. The van der Waals surface area contributed by atoms with Gasteiger partial charge in [0, 0.05) is 18.7 Å². The Hall–Kier alpha value is -2.11. The number of aromatic nitrogens is 1. The fraction of sp³-hybridized carbons (Fsp3) is 0.588. The molecule has 6 heteroatoms. The van der Waals surface area contributed by atoms with Crippen LogP contribution in [0.1, 0.15) is 48.8 Å². The van der Waals surface area contributed by atoms with Crippen molar-refractivity contribution in [2.45, 2.75) is 39.0 Å². The van der Waals surface area contributed by atoms with Gasteiger partial charge in [-0.15, -0.1) is 0 Å². The van der Waals surface area contributed by atoms with Gasteiger partial charge in [-0.3, -0.25) is 14.4 Å². The molecular weight excluding hydrogens is 296 g/mol. The number of carboxylic acids is 1. The summed E-state index contributed by atoms with van der Waals surface area (Å²) in [5.74, 6) is -0.516. The molecule has 0 spiro atoms. The van der Waals surface area contributed by atoms with Crippen LogP contribution in [0.4, 0.5) is 0 Å². The molecule has 1 saturated carbocycles. The summed E-state index contributed by atoms with van der Waals surface area (Å²) >= 11 is 0. The Kier molecular flexibility index (Phi) is 5.58. The van der Waals surface area contributed by atoms with Gasteiger partial charge in [-0.2, -0.15) is 0 Å². The number of nitrogens with zero attached hydrogens (tertiary/aromatic N) is 1. The Bertz CT molecular complexity index is 598. The molecule has 1 amide bonds. The first kappa shape index (κ1) is 17.2. The molecule has 1 fully saturated rings. The van der Waals surface area contributed by atoms with E-state index in [1.165, 1.54) is 0 Å². The molecule has 0 aromatic carbocycles. The molecule has 1 aliphatic rings. The van der Waals surface area contributed by atoms with Gasteiger partial charge in [0.05, 0.1) is 12.1 Å². The normalized spacial score (nSPS) is 21.0. The number of hydrogen-bond donors (Lipinski definition) is 2. The largest absolute Gasteiger partial charge is 0.480 e. The van der Waals surface area contributed by atoms with Gasteiger partial charge in [-0.25, -0.2) is 0 Å². The molecule has 0 bridgehead atoms. The van der Waals surface area contributed by atoms with Crippen LogP contribution in [-0.2, 0) is 23.1 Å². The minimum absolute atomic E-state index is 0.0682. The quantitative estimate of drug-likeness (QED) is 0.782. The van der Waals surface area contributed by atoms with E-state index in [9.17, 15) is 14.4 Å². The van der Waals surface area contributed by atoms with E-state index >= 15 is 0 Å². The van der Waals surface area contributed by atoms with Crippen LogP contribution in [0, 0.1) is 11.8 Å². The number of rotatable bonds is 6. The van der Waals surface area contributed by atoms with Crippen LogP contribution in [0.3, 0.4) is 0 Å². The van der Waals surface area contributed by atoms with Gasteiger partial charge >= 0.3 is 5.97 Å². The Labute approximate surface area is 135 Å². The topological polar surface area (TPSA) is 88.4 Å². The average Bonchev–Trinajstić information content (AvgIpc) is 2.86. The molecule has 0 radical (unpaired) electrons. The SMILES string of the molecule is CC1CCC(C(=O)c2ccc(CC(=O)NCC(=O)O)n2C)CC1. The van der Waals surface area contributed by atoms with Gasteiger partial charge in [-0.1, -0.05) is 19.8 Å². The van der Waals surface area contributed by atoms with Gasteiger partial charge in [0.1, 0.15) is 6.54 Å². The summed E-state index contributed by atoms with van der Waals surface area (Å²) in [5, 5.41) is 10.9. The lowest BCUT2D eigenvalue weighted by Gasteiger charge is -2.25. The van der Waals surface area contributed by atoms with Crippen molar-refractivity contribution in [2.24, 2.45) is 18.9 Å². The summed E-state index contributed by atoms with van der Waals surface area (Å²) in [4.78, 5) is 34.8. The maximum absolute atomic E-state index is 12.6. The van der Waals surface area contributed by atoms with Crippen LogP contribution < -0.4 is 5.32 Å². The van der Waals surface area contributed by atoms with Crippen molar-refractivity contribution in [3.63, 3.8) is 0 Å². The van der Waals surface area contributed by atoms with Crippen molar-refractivity contribution in [3.05, 3.63) is 23.5 Å². The molecule has 1 aromatic rings. The van der Waals surface area contributed by atoms with Crippen LogP contribution in [-0.4, -0.2) is 33.9 Å². The first-order valence-corrected chi connectivity index (χ1v) is 8.05. The number of hydrogen-bond acceptors (Lipinski definition) is 3. The van der Waals surface area contributed by atoms with E-state index < -0.39 is 12.5 Å². The monoisotopic (exact) mass is 320 g/mol. The highest BCUT2D eigenvalue weighted by molar-refractivity contribution is 5.97. The highest BCUT2D eigenvalue weighted by Gasteiger charge is 2.27. The number of carbonyl (C=O) groups is 3. The number of aliphatic carboxylic acids is 1. The number of amides is 1. The molecule has 1 heterocycles. The van der Waals surface area contributed by atoms with E-state index in [0.717, 1.165) is 25.7 Å². The molecule has 0 unspecified atom stereocenters. The summed E-state index contributed by atoms with van der Waals surface area (Å²) < 4.78 is 1.75. The molecule has 6 nitrogen and oxygen atoms in total. The summed E-state index contributed by atoms with van der Waals surface area (Å²) in [7, 11) is 1.78. The molecule has 1 aliphatic carbocycles. The fourth-order valence-electron chi connectivity index (χ4n) is 3.11. The van der Waals surface area contributed by atoms with E-state index in [2.05, 4.69) is 12.2 Å². The van der Waals surface area contributed by atoms with Gasteiger partial charge in [0.2, 0.25) is 5.91 Å². The second kappa shape index (κ2) is 7.44. The zero-order chi connectivity index (χ0) is 17.0. The van der Waals surface area contributed by atoms with Gasteiger partial charge < -0.3 is 15.0 Å². The lowest BCUT2D eigenvalue weighted by Crippen LogP contribution is -2.31. The van der Waals surface area contributed by atoms with Gasteiger partial charge in [0.15, 0.2) is 5.78 Å². The summed E-state index contributed by atoms with van der Waals surface area (Å²) in [5.41, 5.74) is 1.34. The van der Waals surface area contributed by atoms with E-state index in [-0.39, 0.29) is 24.0 Å². The smallest absolute Gasteiger partial charge is 0.322 e. The van der Waals surface area contributed by atoms with Gasteiger partial charge in [0.25, 0.3) is 0 Å². The van der Waals surface area contributed by atoms with Gasteiger partial charge in [-0.05, 0) is 30.9 Å². The highest BCUT2D eigenvalue weighted by Crippen LogP contribution is 2.30. The lowest BCUT2D eigenvalue weighted by molar-refractivity contribution is -0.137. The van der Waals surface area contributed by atoms with E-state index in [0.29, 0.717) is 17.3 Å². The molecule has 2 N–H and O–H groups in total. The molecule has 0 saturated heterocycles. The predicted molar refractivity (Wildman–Crippen MR) is 85.2 cm³/mol. The number of nitrogens with one attached hydrogen (secondary N) is 1.